The molecule has 23 heavy (non-hydrogen) atoms. The first-order valence-corrected chi connectivity index (χ1v) is 8.17. The SMILES string of the molecule is CCOC(=O)Cc1cccc(CSc2ccc([N+](=O)[O-])cc2)c1. The van der Waals surface area contributed by atoms with E-state index < -0.39 is 4.92 Å². The zero-order valence-corrected chi connectivity index (χ0v) is 13.5. The minimum atomic E-state index is -0.409. The Kier molecular flexibility index (Phi) is 6.17. The maximum absolute atomic E-state index is 11.5. The molecule has 2 aromatic carbocycles. The Balaban J connectivity index is 1.95. The summed E-state index contributed by atoms with van der Waals surface area (Å²) in [6, 6.07) is 14.3. The lowest BCUT2D eigenvalue weighted by atomic mass is 10.1. The molecule has 5 nitrogen and oxygen atoms in total. The van der Waals surface area contributed by atoms with Crippen molar-refractivity contribution in [1.29, 1.82) is 0 Å². The molecular weight excluding hydrogens is 314 g/mol. The van der Waals surface area contributed by atoms with Crippen LogP contribution in [-0.2, 0) is 21.7 Å². The molecule has 0 amide bonds. The van der Waals surface area contributed by atoms with E-state index >= 15 is 0 Å². The highest BCUT2D eigenvalue weighted by Crippen LogP contribution is 2.25. The highest BCUT2D eigenvalue weighted by Gasteiger charge is 2.06. The van der Waals surface area contributed by atoms with Gasteiger partial charge in [-0.3, -0.25) is 14.9 Å². The van der Waals surface area contributed by atoms with Crippen LogP contribution in [0.2, 0.25) is 0 Å². The van der Waals surface area contributed by atoms with Crippen molar-refractivity contribution in [3.63, 3.8) is 0 Å². The first-order valence-electron chi connectivity index (χ1n) is 7.19. The molecule has 0 spiro atoms. The highest BCUT2D eigenvalue weighted by atomic mass is 32.2. The number of nitrogens with zero attached hydrogens (tertiary/aromatic N) is 1. The minimum absolute atomic E-state index is 0.0887. The summed E-state index contributed by atoms with van der Waals surface area (Å²) in [4.78, 5) is 22.7. The molecule has 120 valence electrons. The molecule has 0 unspecified atom stereocenters. The van der Waals surface area contributed by atoms with E-state index in [4.69, 9.17) is 4.74 Å². The number of carbonyl (C=O) groups excluding carboxylic acids is 1. The van der Waals surface area contributed by atoms with E-state index in [1.165, 1.54) is 12.1 Å². The van der Waals surface area contributed by atoms with Gasteiger partial charge < -0.3 is 4.74 Å². The molecule has 0 aliphatic rings. The van der Waals surface area contributed by atoms with Gasteiger partial charge in [0.1, 0.15) is 0 Å². The molecule has 0 saturated carbocycles. The van der Waals surface area contributed by atoms with E-state index in [1.54, 1.807) is 30.8 Å². The Labute approximate surface area is 138 Å². The third kappa shape index (κ3) is 5.41. The van der Waals surface area contributed by atoms with Crippen molar-refractivity contribution in [1.82, 2.24) is 0 Å². The summed E-state index contributed by atoms with van der Waals surface area (Å²) >= 11 is 1.59. The van der Waals surface area contributed by atoms with Gasteiger partial charge >= 0.3 is 5.97 Å². The number of carbonyl (C=O) groups is 1. The minimum Gasteiger partial charge on any atom is -0.466 e. The van der Waals surface area contributed by atoms with Gasteiger partial charge in [-0.25, -0.2) is 0 Å². The third-order valence-corrected chi connectivity index (χ3v) is 4.18. The van der Waals surface area contributed by atoms with Crippen LogP contribution in [0.4, 0.5) is 5.69 Å². The van der Waals surface area contributed by atoms with Crippen molar-refractivity contribution in [3.8, 4) is 0 Å². The lowest BCUT2D eigenvalue weighted by molar-refractivity contribution is -0.384. The molecule has 2 rings (SSSR count). The average Bonchev–Trinajstić information content (AvgIpc) is 2.54. The molecule has 0 saturated heterocycles. The lowest BCUT2D eigenvalue weighted by Crippen LogP contribution is -2.07. The number of nitro benzene ring substituents is 1. The van der Waals surface area contributed by atoms with Crippen LogP contribution in [0, 0.1) is 10.1 Å². The molecule has 0 aliphatic carbocycles. The second-order valence-electron chi connectivity index (χ2n) is 4.84. The van der Waals surface area contributed by atoms with Gasteiger partial charge in [-0.2, -0.15) is 0 Å². The van der Waals surface area contributed by atoms with Crippen LogP contribution in [0.15, 0.2) is 53.4 Å². The van der Waals surface area contributed by atoms with Crippen LogP contribution in [-0.4, -0.2) is 17.5 Å². The van der Waals surface area contributed by atoms with Crippen LogP contribution in [0.1, 0.15) is 18.1 Å². The van der Waals surface area contributed by atoms with Gasteiger partial charge in [0, 0.05) is 22.8 Å². The van der Waals surface area contributed by atoms with Crippen molar-refractivity contribution in [2.24, 2.45) is 0 Å². The Morgan fingerprint density at radius 2 is 1.87 bits per heavy atom. The Bertz CT molecular complexity index is 685. The van der Waals surface area contributed by atoms with Gasteiger partial charge in [-0.1, -0.05) is 24.3 Å². The number of benzene rings is 2. The number of hydrogen-bond donors (Lipinski definition) is 0. The number of hydrogen-bond acceptors (Lipinski definition) is 5. The quantitative estimate of drug-likeness (QED) is 0.332. The lowest BCUT2D eigenvalue weighted by Gasteiger charge is -2.06. The average molecular weight is 331 g/mol. The maximum Gasteiger partial charge on any atom is 0.310 e. The normalized spacial score (nSPS) is 10.3. The van der Waals surface area contributed by atoms with Crippen molar-refractivity contribution in [2.75, 3.05) is 6.61 Å². The van der Waals surface area contributed by atoms with E-state index in [-0.39, 0.29) is 18.1 Å². The van der Waals surface area contributed by atoms with Crippen molar-refractivity contribution in [3.05, 3.63) is 69.8 Å². The van der Waals surface area contributed by atoms with Gasteiger partial charge in [0.15, 0.2) is 0 Å². The fourth-order valence-corrected chi connectivity index (χ4v) is 2.88. The second-order valence-corrected chi connectivity index (χ2v) is 5.89. The van der Waals surface area contributed by atoms with E-state index in [0.29, 0.717) is 6.61 Å². The second kappa shape index (κ2) is 8.33. The zero-order valence-electron chi connectivity index (χ0n) is 12.7. The molecule has 0 aromatic heterocycles. The standard InChI is InChI=1S/C17H17NO4S/c1-2-22-17(19)11-13-4-3-5-14(10-13)12-23-16-8-6-15(7-9-16)18(20)21/h3-10H,2,11-12H2,1H3. The van der Waals surface area contributed by atoms with Crippen LogP contribution in [0.3, 0.4) is 0 Å². The summed E-state index contributed by atoms with van der Waals surface area (Å²) < 4.78 is 4.95. The number of rotatable bonds is 7. The number of esters is 1. The molecule has 0 aliphatic heterocycles. The number of nitro groups is 1. The fourth-order valence-electron chi connectivity index (χ4n) is 2.04. The summed E-state index contributed by atoms with van der Waals surface area (Å²) in [6.45, 7) is 2.17. The number of non-ortho nitro benzene ring substituents is 1. The molecule has 0 fully saturated rings. The third-order valence-electron chi connectivity index (χ3n) is 3.10. The molecule has 0 radical (unpaired) electrons. The van der Waals surface area contributed by atoms with Gasteiger partial charge in [-0.15, -0.1) is 11.8 Å². The Morgan fingerprint density at radius 1 is 1.17 bits per heavy atom. The van der Waals surface area contributed by atoms with Crippen molar-refractivity contribution < 1.29 is 14.5 Å². The van der Waals surface area contributed by atoms with Crippen LogP contribution in [0.25, 0.3) is 0 Å². The van der Waals surface area contributed by atoms with E-state index in [1.807, 2.05) is 24.3 Å². The monoisotopic (exact) mass is 331 g/mol. The zero-order chi connectivity index (χ0) is 16.7. The summed E-state index contributed by atoms with van der Waals surface area (Å²) in [7, 11) is 0. The van der Waals surface area contributed by atoms with Crippen LogP contribution in [0.5, 0.6) is 0 Å². The molecular formula is C17H17NO4S. The highest BCUT2D eigenvalue weighted by molar-refractivity contribution is 7.98. The largest absolute Gasteiger partial charge is 0.466 e. The van der Waals surface area contributed by atoms with E-state index in [0.717, 1.165) is 21.8 Å². The topological polar surface area (TPSA) is 69.4 Å². The van der Waals surface area contributed by atoms with Crippen LogP contribution >= 0.6 is 11.8 Å². The van der Waals surface area contributed by atoms with Gasteiger partial charge in [-0.05, 0) is 30.2 Å². The van der Waals surface area contributed by atoms with Gasteiger partial charge in [0.05, 0.1) is 18.0 Å². The smallest absolute Gasteiger partial charge is 0.310 e. The summed E-state index contributed by atoms with van der Waals surface area (Å²) in [6.07, 6.45) is 0.268. The summed E-state index contributed by atoms with van der Waals surface area (Å²) in [5.74, 6) is 0.502. The van der Waals surface area contributed by atoms with Gasteiger partial charge in [0.2, 0.25) is 0 Å². The molecule has 6 heteroatoms. The first-order chi connectivity index (χ1) is 11.1. The predicted molar refractivity (Wildman–Crippen MR) is 89.4 cm³/mol. The molecule has 0 N–H and O–H groups in total. The Morgan fingerprint density at radius 3 is 2.52 bits per heavy atom. The maximum atomic E-state index is 11.5. The predicted octanol–water partition coefficient (Wildman–Crippen LogP) is 3.99. The fraction of sp³-hybridized carbons (Fsp3) is 0.235. The molecule has 0 bridgehead atoms. The van der Waals surface area contributed by atoms with E-state index in [2.05, 4.69) is 0 Å². The van der Waals surface area contributed by atoms with Crippen molar-refractivity contribution >= 4 is 23.4 Å². The van der Waals surface area contributed by atoms with Crippen molar-refractivity contribution in [2.45, 2.75) is 24.0 Å². The van der Waals surface area contributed by atoms with Gasteiger partial charge in [0.25, 0.3) is 5.69 Å². The molecule has 0 heterocycles. The van der Waals surface area contributed by atoms with Crippen LogP contribution < -0.4 is 0 Å². The molecule has 0 atom stereocenters. The number of ether oxygens (including phenoxy) is 1. The molecule has 2 aromatic rings. The number of thioether (sulfide) groups is 1. The summed E-state index contributed by atoms with van der Waals surface area (Å²) in [5.41, 5.74) is 2.10. The van der Waals surface area contributed by atoms with E-state index in [9.17, 15) is 14.9 Å². The summed E-state index contributed by atoms with van der Waals surface area (Å²) in [5, 5.41) is 10.6. The Hall–Kier alpha value is -2.34. The first kappa shape index (κ1) is 17.0.